The van der Waals surface area contributed by atoms with Gasteiger partial charge in [-0.1, -0.05) is 30.3 Å². The summed E-state index contributed by atoms with van der Waals surface area (Å²) in [7, 11) is 0. The number of thioether (sulfide) groups is 1. The Morgan fingerprint density at radius 3 is 2.88 bits per heavy atom. The van der Waals surface area contributed by atoms with Crippen LogP contribution < -0.4 is 0 Å². The Morgan fingerprint density at radius 2 is 2.17 bits per heavy atom. The molecule has 0 aliphatic carbocycles. The highest BCUT2D eigenvalue weighted by Gasteiger charge is 2.43. The zero-order valence-corrected chi connectivity index (χ0v) is 15.1. The smallest absolute Gasteiger partial charge is 0.259 e. The first-order valence-corrected chi connectivity index (χ1v) is 9.56. The third-order valence-electron chi connectivity index (χ3n) is 4.63. The zero-order chi connectivity index (χ0) is 17.0. The van der Waals surface area contributed by atoms with Crippen molar-refractivity contribution in [3.05, 3.63) is 42.0 Å². The van der Waals surface area contributed by atoms with Crippen LogP contribution in [0.5, 0.6) is 0 Å². The van der Waals surface area contributed by atoms with Crippen molar-refractivity contribution in [1.29, 1.82) is 0 Å². The van der Waals surface area contributed by atoms with E-state index in [0.717, 1.165) is 25.1 Å². The van der Waals surface area contributed by atoms with Crippen molar-refractivity contribution in [1.82, 2.24) is 15.0 Å². The molecule has 1 N–H and O–H groups in total. The lowest BCUT2D eigenvalue weighted by molar-refractivity contribution is 0.0102. The third-order valence-corrected chi connectivity index (χ3v) is 5.68. The summed E-state index contributed by atoms with van der Waals surface area (Å²) in [6, 6.07) is 10.9. The standard InChI is InChI=1S/C18H25N3O2S/c1-3-16-19-17(23-20-16)18(22)10-11-21(13-18)14(2)9-12-24-15-7-5-4-6-8-15/h4-8,14,22H,3,9-13H2,1-2H3. The number of rotatable bonds is 7. The monoisotopic (exact) mass is 347 g/mol. The molecule has 6 heteroatoms. The average Bonchev–Trinajstić information content (AvgIpc) is 3.23. The number of likely N-dealkylation sites (tertiary alicyclic amines) is 1. The van der Waals surface area contributed by atoms with Crippen LogP contribution in [-0.2, 0) is 12.0 Å². The molecule has 1 fully saturated rings. The van der Waals surface area contributed by atoms with Gasteiger partial charge < -0.3 is 9.63 Å². The summed E-state index contributed by atoms with van der Waals surface area (Å²) >= 11 is 1.88. The Morgan fingerprint density at radius 1 is 1.38 bits per heavy atom. The fraction of sp³-hybridized carbons (Fsp3) is 0.556. The van der Waals surface area contributed by atoms with Crippen LogP contribution >= 0.6 is 11.8 Å². The maximum atomic E-state index is 10.9. The van der Waals surface area contributed by atoms with E-state index in [4.69, 9.17) is 4.52 Å². The number of hydrogen-bond acceptors (Lipinski definition) is 6. The second-order valence-electron chi connectivity index (χ2n) is 6.42. The number of β-amino-alcohol motifs (C(OH)–C–C–N with tert-alkyl or cyclic N) is 1. The quantitative estimate of drug-likeness (QED) is 0.777. The molecule has 1 aromatic carbocycles. The maximum absolute atomic E-state index is 10.9. The molecule has 130 valence electrons. The molecule has 0 bridgehead atoms. The number of aromatic nitrogens is 2. The number of nitrogens with zero attached hydrogens (tertiary/aromatic N) is 3. The predicted octanol–water partition coefficient (Wildman–Crippen LogP) is 3.10. The second-order valence-corrected chi connectivity index (χ2v) is 7.59. The van der Waals surface area contributed by atoms with Crippen molar-refractivity contribution in [2.75, 3.05) is 18.8 Å². The van der Waals surface area contributed by atoms with Gasteiger partial charge >= 0.3 is 0 Å². The first-order valence-electron chi connectivity index (χ1n) is 8.58. The minimum absolute atomic E-state index is 0.368. The highest BCUT2D eigenvalue weighted by molar-refractivity contribution is 7.99. The largest absolute Gasteiger partial charge is 0.379 e. The number of hydrogen-bond donors (Lipinski definition) is 1. The maximum Gasteiger partial charge on any atom is 0.259 e. The van der Waals surface area contributed by atoms with E-state index in [9.17, 15) is 5.11 Å². The minimum atomic E-state index is -0.999. The predicted molar refractivity (Wildman–Crippen MR) is 95.0 cm³/mol. The van der Waals surface area contributed by atoms with Gasteiger partial charge in [-0.3, -0.25) is 4.90 Å². The van der Waals surface area contributed by atoms with E-state index in [-0.39, 0.29) is 0 Å². The molecular weight excluding hydrogens is 322 g/mol. The molecule has 1 aliphatic heterocycles. The SMILES string of the molecule is CCc1noc(C2(O)CCN(C(C)CCSc3ccccc3)C2)n1. The topological polar surface area (TPSA) is 62.4 Å². The summed E-state index contributed by atoms with van der Waals surface area (Å²) in [5.74, 6) is 2.09. The van der Waals surface area contributed by atoms with Gasteiger partial charge in [0.2, 0.25) is 0 Å². The molecule has 2 atom stereocenters. The lowest BCUT2D eigenvalue weighted by Crippen LogP contribution is -2.36. The van der Waals surface area contributed by atoms with Gasteiger partial charge in [0.15, 0.2) is 11.4 Å². The van der Waals surface area contributed by atoms with E-state index in [1.807, 2.05) is 24.8 Å². The van der Waals surface area contributed by atoms with Crippen LogP contribution in [0.2, 0.25) is 0 Å². The Kier molecular flexibility index (Phi) is 5.58. The van der Waals surface area contributed by atoms with Gasteiger partial charge in [0.1, 0.15) is 0 Å². The minimum Gasteiger partial charge on any atom is -0.379 e. The Hall–Kier alpha value is -1.37. The lowest BCUT2D eigenvalue weighted by atomic mass is 10.0. The van der Waals surface area contributed by atoms with Crippen LogP contribution in [0.4, 0.5) is 0 Å². The fourth-order valence-electron chi connectivity index (χ4n) is 3.01. The molecule has 5 nitrogen and oxygen atoms in total. The summed E-state index contributed by atoms with van der Waals surface area (Å²) in [5, 5.41) is 14.8. The van der Waals surface area contributed by atoms with E-state index < -0.39 is 5.60 Å². The Bertz CT molecular complexity index is 649. The third kappa shape index (κ3) is 3.99. The van der Waals surface area contributed by atoms with Crippen molar-refractivity contribution in [3.8, 4) is 0 Å². The van der Waals surface area contributed by atoms with Gasteiger partial charge in [0.05, 0.1) is 0 Å². The molecule has 0 saturated carbocycles. The second kappa shape index (κ2) is 7.68. The van der Waals surface area contributed by atoms with Crippen LogP contribution in [0.3, 0.4) is 0 Å². The molecule has 2 aromatic rings. The number of aliphatic hydroxyl groups is 1. The van der Waals surface area contributed by atoms with Crippen LogP contribution in [0.1, 0.15) is 38.4 Å². The summed E-state index contributed by atoms with van der Waals surface area (Å²) < 4.78 is 5.27. The van der Waals surface area contributed by atoms with E-state index in [1.165, 1.54) is 4.90 Å². The van der Waals surface area contributed by atoms with Crippen LogP contribution in [-0.4, -0.2) is 45.0 Å². The van der Waals surface area contributed by atoms with Gasteiger partial charge in [-0.2, -0.15) is 4.98 Å². The van der Waals surface area contributed by atoms with Crippen LogP contribution in [0.25, 0.3) is 0 Å². The Labute approximate surface area is 147 Å². The average molecular weight is 347 g/mol. The highest BCUT2D eigenvalue weighted by Crippen LogP contribution is 2.32. The molecular formula is C18H25N3O2S. The van der Waals surface area contributed by atoms with E-state index in [1.54, 1.807) is 0 Å². The van der Waals surface area contributed by atoms with Gasteiger partial charge in [0.25, 0.3) is 5.89 Å². The van der Waals surface area contributed by atoms with Crippen molar-refractivity contribution in [2.24, 2.45) is 0 Å². The van der Waals surface area contributed by atoms with Gasteiger partial charge in [-0.15, -0.1) is 11.8 Å². The van der Waals surface area contributed by atoms with E-state index in [2.05, 4.69) is 46.2 Å². The van der Waals surface area contributed by atoms with Crippen molar-refractivity contribution >= 4 is 11.8 Å². The van der Waals surface area contributed by atoms with Crippen molar-refractivity contribution in [3.63, 3.8) is 0 Å². The fourth-order valence-corrected chi connectivity index (χ4v) is 4.05. The molecule has 0 radical (unpaired) electrons. The van der Waals surface area contributed by atoms with Gasteiger partial charge in [-0.05, 0) is 37.7 Å². The molecule has 3 rings (SSSR count). The molecule has 1 saturated heterocycles. The molecule has 2 heterocycles. The molecule has 1 aromatic heterocycles. The normalized spacial score (nSPS) is 22.8. The molecule has 2 unspecified atom stereocenters. The summed E-state index contributed by atoms with van der Waals surface area (Å²) in [4.78, 5) is 7.95. The van der Waals surface area contributed by atoms with E-state index >= 15 is 0 Å². The van der Waals surface area contributed by atoms with Crippen molar-refractivity contribution < 1.29 is 9.63 Å². The summed E-state index contributed by atoms with van der Waals surface area (Å²) in [6.45, 7) is 5.63. The highest BCUT2D eigenvalue weighted by atomic mass is 32.2. The molecule has 24 heavy (non-hydrogen) atoms. The Balaban J connectivity index is 1.51. The summed E-state index contributed by atoms with van der Waals surface area (Å²) in [6.07, 6.45) is 2.45. The lowest BCUT2D eigenvalue weighted by Gasteiger charge is -2.25. The summed E-state index contributed by atoms with van der Waals surface area (Å²) in [5.41, 5.74) is -0.999. The van der Waals surface area contributed by atoms with Crippen LogP contribution in [0.15, 0.2) is 39.8 Å². The molecule has 0 spiro atoms. The van der Waals surface area contributed by atoms with E-state index in [0.29, 0.717) is 30.7 Å². The zero-order valence-electron chi connectivity index (χ0n) is 14.3. The van der Waals surface area contributed by atoms with Gasteiger partial charge in [0, 0.05) is 30.4 Å². The van der Waals surface area contributed by atoms with Crippen LogP contribution in [0, 0.1) is 0 Å². The molecule has 0 amide bonds. The van der Waals surface area contributed by atoms with Crippen molar-refractivity contribution in [2.45, 2.75) is 49.6 Å². The first kappa shape index (κ1) is 17.5. The molecule has 1 aliphatic rings. The van der Waals surface area contributed by atoms with Gasteiger partial charge in [-0.25, -0.2) is 0 Å². The number of aryl methyl sites for hydroxylation is 1. The first-order chi connectivity index (χ1) is 11.6. The number of benzene rings is 1.